The SMILES string of the molecule is CCCCCCC/C=C\C/C=C\CCCCCCCCCCCCOCC(CO)OC(=O)CCCCCCCCCCCCC. The highest BCUT2D eigenvalue weighted by molar-refractivity contribution is 5.69. The number of unbranched alkanes of at least 4 members (excludes halogenated alkanes) is 25. The minimum atomic E-state index is -0.530. The van der Waals surface area contributed by atoms with E-state index in [1.165, 1.54) is 161 Å². The highest BCUT2D eigenvalue weighted by Gasteiger charge is 2.13. The number of allylic oxidation sites excluding steroid dienone is 4. The summed E-state index contributed by atoms with van der Waals surface area (Å²) in [5.74, 6) is -0.201. The van der Waals surface area contributed by atoms with Crippen molar-refractivity contribution in [2.24, 2.45) is 0 Å². The molecule has 0 bridgehead atoms. The standard InChI is InChI=1S/C41H78O4/c1-3-5-7-9-11-13-15-16-17-18-19-20-21-22-23-24-25-27-29-31-33-35-37-44-39-40(38-42)45-41(43)36-34-32-30-28-26-14-12-10-8-6-4-2/h15-16,18-19,40,42H,3-14,17,20-39H2,1-2H3/b16-15-,19-18-. The lowest BCUT2D eigenvalue weighted by atomic mass is 10.1. The van der Waals surface area contributed by atoms with Gasteiger partial charge in [0, 0.05) is 13.0 Å². The van der Waals surface area contributed by atoms with Crippen molar-refractivity contribution < 1.29 is 19.4 Å². The van der Waals surface area contributed by atoms with E-state index in [2.05, 4.69) is 38.2 Å². The number of aliphatic hydroxyl groups excluding tert-OH is 1. The summed E-state index contributed by atoms with van der Waals surface area (Å²) < 4.78 is 11.1. The van der Waals surface area contributed by atoms with Crippen molar-refractivity contribution in [1.29, 1.82) is 0 Å². The van der Waals surface area contributed by atoms with Crippen LogP contribution in [0.5, 0.6) is 0 Å². The molecule has 4 heteroatoms. The lowest BCUT2D eigenvalue weighted by Crippen LogP contribution is -2.27. The fraction of sp³-hybridized carbons (Fsp3) is 0.878. The predicted octanol–water partition coefficient (Wildman–Crippen LogP) is 12.8. The highest BCUT2D eigenvalue weighted by Crippen LogP contribution is 2.14. The summed E-state index contributed by atoms with van der Waals surface area (Å²) in [5, 5.41) is 9.56. The van der Waals surface area contributed by atoms with Crippen LogP contribution in [0.2, 0.25) is 0 Å². The van der Waals surface area contributed by atoms with Crippen molar-refractivity contribution in [3.8, 4) is 0 Å². The summed E-state index contributed by atoms with van der Waals surface area (Å²) >= 11 is 0. The Morgan fingerprint density at radius 3 is 1.38 bits per heavy atom. The van der Waals surface area contributed by atoms with Gasteiger partial charge in [0.2, 0.25) is 0 Å². The summed E-state index contributed by atoms with van der Waals surface area (Å²) in [5.41, 5.74) is 0. The van der Waals surface area contributed by atoms with Crippen LogP contribution >= 0.6 is 0 Å². The number of esters is 1. The maximum Gasteiger partial charge on any atom is 0.306 e. The van der Waals surface area contributed by atoms with Crippen molar-refractivity contribution >= 4 is 5.97 Å². The number of ether oxygens (including phenoxy) is 2. The van der Waals surface area contributed by atoms with Crippen molar-refractivity contribution in [2.75, 3.05) is 19.8 Å². The Bertz CT molecular complexity index is 629. The van der Waals surface area contributed by atoms with E-state index >= 15 is 0 Å². The topological polar surface area (TPSA) is 55.8 Å². The number of hydrogen-bond donors (Lipinski definition) is 1. The van der Waals surface area contributed by atoms with Gasteiger partial charge < -0.3 is 14.6 Å². The van der Waals surface area contributed by atoms with Crippen LogP contribution in [0.4, 0.5) is 0 Å². The molecule has 0 heterocycles. The monoisotopic (exact) mass is 635 g/mol. The Morgan fingerprint density at radius 1 is 0.533 bits per heavy atom. The van der Waals surface area contributed by atoms with Crippen molar-refractivity contribution in [3.05, 3.63) is 24.3 Å². The molecule has 4 nitrogen and oxygen atoms in total. The van der Waals surface area contributed by atoms with E-state index in [9.17, 15) is 9.90 Å². The van der Waals surface area contributed by atoms with Crippen molar-refractivity contribution in [1.82, 2.24) is 0 Å². The zero-order valence-electron chi connectivity index (χ0n) is 30.4. The minimum absolute atomic E-state index is 0.169. The van der Waals surface area contributed by atoms with E-state index in [-0.39, 0.29) is 12.6 Å². The molecule has 0 aromatic heterocycles. The molecule has 45 heavy (non-hydrogen) atoms. The quantitative estimate of drug-likeness (QED) is 0.0420. The lowest BCUT2D eigenvalue weighted by Gasteiger charge is -2.16. The van der Waals surface area contributed by atoms with Gasteiger partial charge in [0.15, 0.2) is 0 Å². The first-order valence-electron chi connectivity index (χ1n) is 19.9. The largest absolute Gasteiger partial charge is 0.457 e. The molecule has 0 saturated heterocycles. The van der Waals surface area contributed by atoms with E-state index in [0.29, 0.717) is 19.6 Å². The van der Waals surface area contributed by atoms with Crippen LogP contribution < -0.4 is 0 Å². The van der Waals surface area contributed by atoms with E-state index in [1.807, 2.05) is 0 Å². The number of carbonyl (C=O) groups is 1. The van der Waals surface area contributed by atoms with Crippen LogP contribution in [-0.4, -0.2) is 37.0 Å². The van der Waals surface area contributed by atoms with Crippen LogP contribution in [-0.2, 0) is 14.3 Å². The molecule has 0 fully saturated rings. The third-order valence-corrected chi connectivity index (χ3v) is 8.78. The Labute approximate surface area is 281 Å². The summed E-state index contributed by atoms with van der Waals surface area (Å²) in [7, 11) is 0. The average molecular weight is 635 g/mol. The van der Waals surface area contributed by atoms with Crippen molar-refractivity contribution in [3.63, 3.8) is 0 Å². The molecule has 0 saturated carbocycles. The third kappa shape index (κ3) is 37.2. The average Bonchev–Trinajstić information content (AvgIpc) is 3.05. The summed E-state index contributed by atoms with van der Waals surface area (Å²) in [6.45, 7) is 5.34. The molecule has 1 atom stereocenters. The van der Waals surface area contributed by atoms with Crippen LogP contribution in [0.25, 0.3) is 0 Å². The van der Waals surface area contributed by atoms with Crippen LogP contribution in [0.15, 0.2) is 24.3 Å². The van der Waals surface area contributed by atoms with Crippen LogP contribution in [0.3, 0.4) is 0 Å². The Balaban J connectivity index is 3.39. The van der Waals surface area contributed by atoms with Gasteiger partial charge in [-0.15, -0.1) is 0 Å². The summed E-state index contributed by atoms with van der Waals surface area (Å²) in [6, 6.07) is 0. The molecule has 0 amide bonds. The van der Waals surface area contributed by atoms with Gasteiger partial charge in [-0.25, -0.2) is 0 Å². The molecule has 0 aromatic carbocycles. The second-order valence-corrected chi connectivity index (χ2v) is 13.4. The minimum Gasteiger partial charge on any atom is -0.457 e. The van der Waals surface area contributed by atoms with E-state index in [0.717, 1.165) is 25.7 Å². The Morgan fingerprint density at radius 2 is 0.933 bits per heavy atom. The lowest BCUT2D eigenvalue weighted by molar-refractivity contribution is -0.154. The van der Waals surface area contributed by atoms with E-state index in [4.69, 9.17) is 9.47 Å². The molecule has 1 unspecified atom stereocenters. The van der Waals surface area contributed by atoms with Gasteiger partial charge in [0.25, 0.3) is 0 Å². The molecule has 0 radical (unpaired) electrons. The van der Waals surface area contributed by atoms with Gasteiger partial charge >= 0.3 is 5.97 Å². The summed E-state index contributed by atoms with van der Waals surface area (Å²) in [6.07, 6.45) is 46.6. The van der Waals surface area contributed by atoms with Gasteiger partial charge in [-0.3, -0.25) is 4.79 Å². The molecule has 0 aromatic rings. The molecular formula is C41H78O4. The number of aliphatic hydroxyl groups is 1. The Hall–Kier alpha value is -1.13. The van der Waals surface area contributed by atoms with E-state index < -0.39 is 6.10 Å². The molecular weight excluding hydrogens is 556 g/mol. The first-order valence-corrected chi connectivity index (χ1v) is 19.9. The van der Waals surface area contributed by atoms with Crippen LogP contribution in [0.1, 0.15) is 206 Å². The second-order valence-electron chi connectivity index (χ2n) is 13.4. The van der Waals surface area contributed by atoms with Gasteiger partial charge in [-0.2, -0.15) is 0 Å². The maximum atomic E-state index is 12.1. The molecule has 0 rings (SSSR count). The first kappa shape index (κ1) is 43.9. The molecule has 1 N–H and O–H groups in total. The summed E-state index contributed by atoms with van der Waals surface area (Å²) in [4.78, 5) is 12.1. The molecule has 0 spiro atoms. The molecule has 0 aliphatic carbocycles. The van der Waals surface area contributed by atoms with Gasteiger partial charge in [-0.1, -0.05) is 179 Å². The Kier molecular flexibility index (Phi) is 38.1. The van der Waals surface area contributed by atoms with Crippen LogP contribution in [0, 0.1) is 0 Å². The number of carbonyl (C=O) groups excluding carboxylic acids is 1. The third-order valence-electron chi connectivity index (χ3n) is 8.78. The molecule has 0 aliphatic rings. The van der Waals surface area contributed by atoms with E-state index in [1.54, 1.807) is 0 Å². The second kappa shape index (κ2) is 39.1. The molecule has 266 valence electrons. The zero-order valence-corrected chi connectivity index (χ0v) is 30.4. The smallest absolute Gasteiger partial charge is 0.306 e. The zero-order chi connectivity index (χ0) is 32.7. The first-order chi connectivity index (χ1) is 22.2. The fourth-order valence-electron chi connectivity index (χ4n) is 5.77. The number of rotatable bonds is 37. The maximum absolute atomic E-state index is 12.1. The fourth-order valence-corrected chi connectivity index (χ4v) is 5.77. The normalized spacial score (nSPS) is 12.5. The predicted molar refractivity (Wildman–Crippen MR) is 196 cm³/mol. The highest BCUT2D eigenvalue weighted by atomic mass is 16.6. The molecule has 0 aliphatic heterocycles. The van der Waals surface area contributed by atoms with Crippen molar-refractivity contribution in [2.45, 2.75) is 213 Å². The number of hydrogen-bond acceptors (Lipinski definition) is 4. The van der Waals surface area contributed by atoms with Gasteiger partial charge in [0.1, 0.15) is 6.10 Å². The van der Waals surface area contributed by atoms with Gasteiger partial charge in [-0.05, 0) is 44.9 Å². The van der Waals surface area contributed by atoms with Gasteiger partial charge in [0.05, 0.1) is 13.2 Å².